The van der Waals surface area contributed by atoms with Gasteiger partial charge in [-0.3, -0.25) is 0 Å². The second kappa shape index (κ2) is 2.96. The fourth-order valence-electron chi connectivity index (χ4n) is 5.82. The Hall–Kier alpha value is 0.217. The molecule has 0 heterocycles. The molecule has 3 aliphatic rings. The summed E-state index contributed by atoms with van der Waals surface area (Å²) in [5, 5.41) is 0. The molecule has 0 radical (unpaired) electrons. The van der Waals surface area contributed by atoms with E-state index in [1.807, 2.05) is 0 Å². The molecule has 0 nitrogen and oxygen atoms in total. The van der Waals surface area contributed by atoms with Crippen LogP contribution in [-0.4, -0.2) is 8.07 Å². The fraction of sp³-hybridized carbons (Fsp3) is 1.00. The van der Waals surface area contributed by atoms with Crippen molar-refractivity contribution in [3.8, 4) is 0 Å². The summed E-state index contributed by atoms with van der Waals surface area (Å²) in [5.41, 5.74) is 0.902. The molecule has 0 aromatic carbocycles. The van der Waals surface area contributed by atoms with E-state index in [-0.39, 0.29) is 0 Å². The summed E-state index contributed by atoms with van der Waals surface area (Å²) >= 11 is 0. The second-order valence-corrected chi connectivity index (χ2v) is 14.0. The lowest BCUT2D eigenvalue weighted by molar-refractivity contribution is -0.116. The highest BCUT2D eigenvalue weighted by Crippen LogP contribution is 2.89. The zero-order valence-electron chi connectivity index (χ0n) is 11.9. The van der Waals surface area contributed by atoms with Crippen molar-refractivity contribution in [1.29, 1.82) is 0 Å². The lowest BCUT2D eigenvalue weighted by atomic mass is 9.45. The van der Waals surface area contributed by atoms with Crippen molar-refractivity contribution in [3.05, 3.63) is 0 Å². The molecule has 6 unspecified atom stereocenters. The highest BCUT2D eigenvalue weighted by molar-refractivity contribution is 6.76. The fourth-order valence-corrected chi connectivity index (χ4v) is 7.79. The molecule has 3 aliphatic carbocycles. The first-order valence-corrected chi connectivity index (χ1v) is 11.0. The first-order chi connectivity index (χ1) is 7.29. The summed E-state index contributed by atoms with van der Waals surface area (Å²) in [7, 11) is -0.828. The van der Waals surface area contributed by atoms with E-state index in [4.69, 9.17) is 0 Å². The Kier molecular flexibility index (Phi) is 2.10. The summed E-state index contributed by atoms with van der Waals surface area (Å²) in [6, 6.07) is 1.60. The van der Waals surface area contributed by atoms with Gasteiger partial charge in [0.25, 0.3) is 0 Å². The maximum atomic E-state index is 2.55. The van der Waals surface area contributed by atoms with Gasteiger partial charge in [0.2, 0.25) is 0 Å². The van der Waals surface area contributed by atoms with Gasteiger partial charge in [0.1, 0.15) is 0 Å². The smallest absolute Gasteiger partial charge is 0.0445 e. The first-order valence-electron chi connectivity index (χ1n) is 7.29. The minimum atomic E-state index is -0.828. The quantitative estimate of drug-likeness (QED) is 0.633. The van der Waals surface area contributed by atoms with Crippen molar-refractivity contribution in [3.63, 3.8) is 0 Å². The minimum absolute atomic E-state index is 0.828. The second-order valence-electron chi connectivity index (χ2n) is 8.50. The average molecular weight is 236 g/mol. The van der Waals surface area contributed by atoms with Crippen LogP contribution in [0.15, 0.2) is 0 Å². The number of hydrogen-bond donors (Lipinski definition) is 0. The van der Waals surface area contributed by atoms with Crippen LogP contribution < -0.4 is 0 Å². The van der Waals surface area contributed by atoms with Gasteiger partial charge in [-0.1, -0.05) is 46.5 Å². The van der Waals surface area contributed by atoms with Crippen molar-refractivity contribution in [1.82, 2.24) is 0 Å². The molecular weight excluding hydrogens is 208 g/mol. The van der Waals surface area contributed by atoms with Gasteiger partial charge in [-0.25, -0.2) is 0 Å². The van der Waals surface area contributed by atoms with Gasteiger partial charge in [0, 0.05) is 8.07 Å². The molecule has 0 amide bonds. The molecular formula is C15H28Si. The normalized spacial score (nSPS) is 53.8. The zero-order valence-corrected chi connectivity index (χ0v) is 12.9. The van der Waals surface area contributed by atoms with Gasteiger partial charge in [0.05, 0.1) is 0 Å². The molecule has 0 saturated heterocycles. The average Bonchev–Trinajstić information content (AvgIpc) is 2.59. The minimum Gasteiger partial charge on any atom is -0.0695 e. The van der Waals surface area contributed by atoms with Gasteiger partial charge >= 0.3 is 0 Å². The summed E-state index contributed by atoms with van der Waals surface area (Å²) in [6.07, 6.45) is 1.61. The van der Waals surface area contributed by atoms with E-state index in [2.05, 4.69) is 40.4 Å². The van der Waals surface area contributed by atoms with E-state index in [1.165, 1.54) is 0 Å². The molecule has 92 valence electrons. The maximum Gasteiger partial charge on any atom is 0.0445 e. The molecule has 0 aromatic rings. The number of rotatable bonds is 3. The van der Waals surface area contributed by atoms with E-state index in [9.17, 15) is 0 Å². The SMILES string of the molecule is CC(C)C1C2C(C[Si](C)(C)C)CC23C(C)C13. The van der Waals surface area contributed by atoms with Crippen LogP contribution in [-0.2, 0) is 0 Å². The predicted molar refractivity (Wildman–Crippen MR) is 73.2 cm³/mol. The molecule has 0 aromatic heterocycles. The van der Waals surface area contributed by atoms with Crippen molar-refractivity contribution in [2.24, 2.45) is 40.9 Å². The predicted octanol–water partition coefficient (Wildman–Crippen LogP) is 4.50. The summed E-state index contributed by atoms with van der Waals surface area (Å²) in [5.74, 6) is 6.56. The van der Waals surface area contributed by atoms with E-state index < -0.39 is 8.07 Å². The lowest BCUT2D eigenvalue weighted by Crippen LogP contribution is -2.56. The molecule has 3 rings (SSSR count). The van der Waals surface area contributed by atoms with Crippen molar-refractivity contribution in [2.75, 3.05) is 0 Å². The highest BCUT2D eigenvalue weighted by atomic mass is 28.3. The van der Waals surface area contributed by atoms with Gasteiger partial charge in [0.15, 0.2) is 0 Å². The van der Waals surface area contributed by atoms with E-state index in [0.29, 0.717) is 0 Å². The largest absolute Gasteiger partial charge is 0.0695 e. The van der Waals surface area contributed by atoms with E-state index in [0.717, 1.165) is 40.9 Å². The van der Waals surface area contributed by atoms with Crippen LogP contribution in [0.5, 0.6) is 0 Å². The topological polar surface area (TPSA) is 0 Å². The Labute approximate surface area is 102 Å². The monoisotopic (exact) mass is 236 g/mol. The third kappa shape index (κ3) is 1.16. The molecule has 6 atom stereocenters. The Morgan fingerprint density at radius 2 is 1.81 bits per heavy atom. The van der Waals surface area contributed by atoms with Crippen LogP contribution >= 0.6 is 0 Å². The lowest BCUT2D eigenvalue weighted by Gasteiger charge is -2.61. The van der Waals surface area contributed by atoms with Crippen LogP contribution in [0.25, 0.3) is 0 Å². The Balaban J connectivity index is 1.71. The van der Waals surface area contributed by atoms with Crippen molar-refractivity contribution < 1.29 is 0 Å². The van der Waals surface area contributed by atoms with E-state index in [1.54, 1.807) is 12.5 Å². The van der Waals surface area contributed by atoms with Gasteiger partial charge in [-0.05, 0) is 47.3 Å². The molecule has 1 spiro atoms. The van der Waals surface area contributed by atoms with Crippen LogP contribution in [0.4, 0.5) is 0 Å². The van der Waals surface area contributed by atoms with Crippen LogP contribution in [0.2, 0.25) is 25.7 Å². The van der Waals surface area contributed by atoms with Gasteiger partial charge < -0.3 is 0 Å². The molecule has 3 fully saturated rings. The van der Waals surface area contributed by atoms with E-state index >= 15 is 0 Å². The highest BCUT2D eigenvalue weighted by Gasteiger charge is 2.84. The molecule has 0 aliphatic heterocycles. The van der Waals surface area contributed by atoms with Crippen LogP contribution in [0, 0.1) is 40.9 Å². The van der Waals surface area contributed by atoms with Crippen molar-refractivity contribution in [2.45, 2.75) is 52.9 Å². The van der Waals surface area contributed by atoms with Crippen molar-refractivity contribution >= 4 is 8.07 Å². The first kappa shape index (κ1) is 11.3. The molecule has 1 heteroatoms. The molecule has 0 bridgehead atoms. The number of hydrogen-bond acceptors (Lipinski definition) is 0. The van der Waals surface area contributed by atoms with Gasteiger partial charge in [-0.2, -0.15) is 0 Å². The third-order valence-electron chi connectivity index (χ3n) is 6.12. The molecule has 0 N–H and O–H groups in total. The standard InChI is InChI=1S/C15H28Si/c1-9(2)12-13-10(3)15(13)7-11(14(12)15)8-16(4,5)6/h9-14H,7-8H2,1-6H3. The molecule has 3 saturated carbocycles. The molecule has 16 heavy (non-hydrogen) atoms. The summed E-state index contributed by atoms with van der Waals surface area (Å²) < 4.78 is 0. The van der Waals surface area contributed by atoms with Gasteiger partial charge in [-0.15, -0.1) is 0 Å². The summed E-state index contributed by atoms with van der Waals surface area (Å²) in [6.45, 7) is 15.1. The Morgan fingerprint density at radius 1 is 1.19 bits per heavy atom. The third-order valence-corrected chi connectivity index (χ3v) is 7.86. The van der Waals surface area contributed by atoms with Crippen LogP contribution in [0.3, 0.4) is 0 Å². The van der Waals surface area contributed by atoms with Crippen LogP contribution in [0.1, 0.15) is 27.2 Å². The Bertz CT molecular complexity index is 314. The summed E-state index contributed by atoms with van der Waals surface area (Å²) in [4.78, 5) is 0. The maximum absolute atomic E-state index is 2.55. The zero-order chi connectivity index (χ0) is 11.9. The Morgan fingerprint density at radius 3 is 2.31 bits per heavy atom.